The number of amides is 1. The Labute approximate surface area is 184 Å². The van der Waals surface area contributed by atoms with Crippen molar-refractivity contribution in [2.75, 3.05) is 33.1 Å². The number of thiophene rings is 1. The summed E-state index contributed by atoms with van der Waals surface area (Å²) in [6.07, 6.45) is 2.56. The lowest BCUT2D eigenvalue weighted by Crippen LogP contribution is -2.30. The van der Waals surface area contributed by atoms with E-state index in [0.29, 0.717) is 44.2 Å². The van der Waals surface area contributed by atoms with Crippen molar-refractivity contribution in [3.63, 3.8) is 0 Å². The number of aryl methyl sites for hydroxylation is 2. The largest absolute Gasteiger partial charge is 0.465 e. The molecule has 2 aromatic heterocycles. The van der Waals surface area contributed by atoms with Gasteiger partial charge in [-0.15, -0.1) is 11.3 Å². The summed E-state index contributed by atoms with van der Waals surface area (Å²) in [7, 11) is 4.62. The first-order valence-electron chi connectivity index (χ1n) is 8.83. The minimum Gasteiger partial charge on any atom is -0.465 e. The number of halogens is 1. The van der Waals surface area contributed by atoms with E-state index in [4.69, 9.17) is 28.6 Å². The van der Waals surface area contributed by atoms with Crippen molar-refractivity contribution >= 4 is 57.1 Å². The van der Waals surface area contributed by atoms with Crippen molar-refractivity contribution in [2.24, 2.45) is 0 Å². The molecule has 2 aromatic rings. The molecule has 8 nitrogen and oxygen atoms in total. The van der Waals surface area contributed by atoms with Gasteiger partial charge in [0.1, 0.15) is 5.00 Å². The van der Waals surface area contributed by atoms with Gasteiger partial charge in [0.25, 0.3) is 5.91 Å². The lowest BCUT2D eigenvalue weighted by atomic mass is 10.1. The van der Waals surface area contributed by atoms with Gasteiger partial charge < -0.3 is 20.3 Å². The van der Waals surface area contributed by atoms with Crippen molar-refractivity contribution in [3.05, 3.63) is 32.9 Å². The molecule has 29 heavy (non-hydrogen) atoms. The van der Waals surface area contributed by atoms with E-state index in [1.165, 1.54) is 23.3 Å². The molecule has 0 aliphatic heterocycles. The molecule has 2 heterocycles. The van der Waals surface area contributed by atoms with Gasteiger partial charge in [-0.3, -0.25) is 9.48 Å². The number of carbonyl (C=O) groups is 2. The molecular weight excluding hydrogens is 434 g/mol. The summed E-state index contributed by atoms with van der Waals surface area (Å²) < 4.78 is 6.66. The highest BCUT2D eigenvalue weighted by molar-refractivity contribution is 7.80. The van der Waals surface area contributed by atoms with Gasteiger partial charge in [-0.05, 0) is 38.0 Å². The second-order valence-electron chi connectivity index (χ2n) is 6.51. The maximum absolute atomic E-state index is 12.4. The highest BCUT2D eigenvalue weighted by Crippen LogP contribution is 2.34. The molecule has 2 rings (SSSR count). The molecule has 0 atom stereocenters. The molecule has 1 amide bonds. The molecule has 0 spiro atoms. The van der Waals surface area contributed by atoms with Gasteiger partial charge in [0.2, 0.25) is 0 Å². The second-order valence-corrected chi connectivity index (χ2v) is 8.35. The summed E-state index contributed by atoms with van der Waals surface area (Å²) >= 11 is 12.5. The zero-order valence-electron chi connectivity index (χ0n) is 17.0. The highest BCUT2D eigenvalue weighted by Gasteiger charge is 2.26. The van der Waals surface area contributed by atoms with Crippen LogP contribution in [-0.2, 0) is 11.3 Å². The fourth-order valence-electron chi connectivity index (χ4n) is 2.55. The van der Waals surface area contributed by atoms with Crippen LogP contribution in [0.3, 0.4) is 0 Å². The van der Waals surface area contributed by atoms with Gasteiger partial charge in [-0.2, -0.15) is 5.10 Å². The molecular formula is C18H24ClN5O3S2. The van der Waals surface area contributed by atoms with Gasteiger partial charge in [-0.1, -0.05) is 11.6 Å². The van der Waals surface area contributed by atoms with E-state index in [-0.39, 0.29) is 5.91 Å². The van der Waals surface area contributed by atoms with Crippen LogP contribution in [0.5, 0.6) is 0 Å². The number of thiocarbonyl (C=S) groups is 1. The topological polar surface area (TPSA) is 88.5 Å². The Morgan fingerprint density at radius 1 is 1.38 bits per heavy atom. The number of nitrogens with one attached hydrogen (secondary N) is 2. The molecule has 11 heteroatoms. The van der Waals surface area contributed by atoms with Crippen molar-refractivity contribution < 1.29 is 14.3 Å². The van der Waals surface area contributed by atoms with E-state index < -0.39 is 5.97 Å². The maximum Gasteiger partial charge on any atom is 0.341 e. The molecule has 0 saturated carbocycles. The van der Waals surface area contributed by atoms with Crippen LogP contribution in [0.25, 0.3) is 0 Å². The average Bonchev–Trinajstić information content (AvgIpc) is 3.16. The summed E-state index contributed by atoms with van der Waals surface area (Å²) in [6.45, 7) is 4.87. The third-order valence-electron chi connectivity index (χ3n) is 4.10. The van der Waals surface area contributed by atoms with E-state index in [2.05, 4.69) is 15.7 Å². The van der Waals surface area contributed by atoms with E-state index in [1.807, 2.05) is 6.92 Å². The van der Waals surface area contributed by atoms with Gasteiger partial charge in [-0.25, -0.2) is 4.79 Å². The zero-order valence-corrected chi connectivity index (χ0v) is 19.3. The van der Waals surface area contributed by atoms with Crippen LogP contribution < -0.4 is 10.6 Å². The van der Waals surface area contributed by atoms with E-state index in [1.54, 1.807) is 31.9 Å². The molecule has 0 fully saturated rings. The SMILES string of the molecule is COC(=O)c1c(NC(=S)NCCCn2cc(Cl)c(C)n2)sc(C(=O)N(C)C)c1C. The van der Waals surface area contributed by atoms with Gasteiger partial charge in [0.05, 0.1) is 28.3 Å². The predicted molar refractivity (Wildman–Crippen MR) is 119 cm³/mol. The monoisotopic (exact) mass is 457 g/mol. The second kappa shape index (κ2) is 10.0. The Bertz CT molecular complexity index is 903. The maximum atomic E-state index is 12.4. The normalized spacial score (nSPS) is 10.6. The highest BCUT2D eigenvalue weighted by atomic mass is 35.5. The number of methoxy groups -OCH3 is 1. The molecule has 0 bridgehead atoms. The summed E-state index contributed by atoms with van der Waals surface area (Å²) in [6, 6.07) is 0. The van der Waals surface area contributed by atoms with Crippen LogP contribution in [0.2, 0.25) is 5.02 Å². The molecule has 0 saturated heterocycles. The summed E-state index contributed by atoms with van der Waals surface area (Å²) in [4.78, 5) is 26.5. The average molecular weight is 458 g/mol. The van der Waals surface area contributed by atoms with Crippen LogP contribution in [0.1, 0.15) is 37.7 Å². The molecule has 0 unspecified atom stereocenters. The summed E-state index contributed by atoms with van der Waals surface area (Å²) in [5, 5.41) is 11.9. The third kappa shape index (κ3) is 5.68. The van der Waals surface area contributed by atoms with Gasteiger partial charge >= 0.3 is 5.97 Å². The minimum atomic E-state index is -0.521. The van der Waals surface area contributed by atoms with Crippen LogP contribution in [-0.4, -0.2) is 59.4 Å². The van der Waals surface area contributed by atoms with Crippen LogP contribution in [0.15, 0.2) is 6.20 Å². The number of ether oxygens (including phenoxy) is 1. The lowest BCUT2D eigenvalue weighted by Gasteiger charge is -2.10. The smallest absolute Gasteiger partial charge is 0.341 e. The Morgan fingerprint density at radius 3 is 2.62 bits per heavy atom. The molecule has 158 valence electrons. The Morgan fingerprint density at radius 2 is 2.07 bits per heavy atom. The minimum absolute atomic E-state index is 0.183. The van der Waals surface area contributed by atoms with Crippen molar-refractivity contribution in [1.29, 1.82) is 0 Å². The van der Waals surface area contributed by atoms with Crippen molar-refractivity contribution in [1.82, 2.24) is 20.0 Å². The van der Waals surface area contributed by atoms with E-state index in [9.17, 15) is 9.59 Å². The van der Waals surface area contributed by atoms with Crippen LogP contribution in [0, 0.1) is 13.8 Å². The van der Waals surface area contributed by atoms with Gasteiger partial charge in [0, 0.05) is 33.4 Å². The van der Waals surface area contributed by atoms with Crippen molar-refractivity contribution in [2.45, 2.75) is 26.8 Å². The molecule has 2 N–H and O–H groups in total. The number of hydrogen-bond acceptors (Lipinski definition) is 6. The first-order valence-corrected chi connectivity index (χ1v) is 10.4. The van der Waals surface area contributed by atoms with Crippen molar-refractivity contribution in [3.8, 4) is 0 Å². The molecule has 0 aliphatic rings. The fourth-order valence-corrected chi connectivity index (χ4v) is 4.19. The number of esters is 1. The number of aromatic nitrogens is 2. The quantitative estimate of drug-likeness (QED) is 0.375. The van der Waals surface area contributed by atoms with Crippen LogP contribution in [0.4, 0.5) is 5.00 Å². The summed E-state index contributed by atoms with van der Waals surface area (Å²) in [5.41, 5.74) is 1.67. The van der Waals surface area contributed by atoms with E-state index in [0.717, 1.165) is 12.1 Å². The Balaban J connectivity index is 2.01. The predicted octanol–water partition coefficient (Wildman–Crippen LogP) is 3.08. The fraction of sp³-hybridized carbons (Fsp3) is 0.444. The number of anilines is 1. The number of nitrogens with zero attached hydrogens (tertiary/aromatic N) is 3. The third-order valence-corrected chi connectivity index (χ3v) is 5.91. The lowest BCUT2D eigenvalue weighted by molar-refractivity contribution is 0.0601. The first-order chi connectivity index (χ1) is 13.6. The Hall–Kier alpha value is -2.17. The first kappa shape index (κ1) is 23.1. The number of carbonyl (C=O) groups excluding carboxylic acids is 2. The number of rotatable bonds is 7. The molecule has 0 aliphatic carbocycles. The Kier molecular flexibility index (Phi) is 8.00. The van der Waals surface area contributed by atoms with Crippen LogP contribution >= 0.6 is 35.2 Å². The molecule has 0 aromatic carbocycles. The molecule has 0 radical (unpaired) electrons. The zero-order chi connectivity index (χ0) is 21.7. The standard InChI is InChI=1S/C18H24ClN5O3S2/c1-10-13(17(26)27-5)15(29-14(10)16(25)23(3)4)21-18(28)20-7-6-8-24-9-12(19)11(2)22-24/h9H,6-8H2,1-5H3,(H2,20,21,28). The number of hydrogen-bond donors (Lipinski definition) is 2. The van der Waals surface area contributed by atoms with Gasteiger partial charge in [0.15, 0.2) is 5.11 Å². The van der Waals surface area contributed by atoms with E-state index >= 15 is 0 Å². The summed E-state index contributed by atoms with van der Waals surface area (Å²) in [5.74, 6) is -0.703.